The van der Waals surface area contributed by atoms with Crippen LogP contribution in [-0.4, -0.2) is 15.9 Å². The van der Waals surface area contributed by atoms with Gasteiger partial charge in [-0.2, -0.15) is 0 Å². The Labute approximate surface area is 238 Å². The number of nitrogens with zero attached hydrogens (tertiary/aromatic N) is 2. The number of thiazole rings is 1. The molecule has 1 aromatic heterocycles. The van der Waals surface area contributed by atoms with Gasteiger partial charge in [-0.1, -0.05) is 76.7 Å². The number of aryl methyl sites for hydroxylation is 3. The molecule has 39 heavy (non-hydrogen) atoms. The zero-order valence-corrected chi connectivity index (χ0v) is 25.8. The molecule has 0 saturated carbocycles. The fraction of sp³-hybridized carbons (Fsp3) is 0.343. The average Bonchev–Trinajstić information content (AvgIpc) is 3.36. The Morgan fingerprint density at radius 2 is 1.36 bits per heavy atom. The lowest BCUT2D eigenvalue weighted by molar-refractivity contribution is 0.439. The summed E-state index contributed by atoms with van der Waals surface area (Å²) in [5, 5.41) is 2.69. The molecule has 206 valence electrons. The highest BCUT2D eigenvalue weighted by Crippen LogP contribution is 2.31. The number of rotatable bonds is 3. The molecule has 0 bridgehead atoms. The van der Waals surface area contributed by atoms with Crippen molar-refractivity contribution in [2.75, 3.05) is 0 Å². The van der Waals surface area contributed by atoms with E-state index in [1.807, 2.05) is 24.6 Å². The number of hydrogen-bond donors (Lipinski definition) is 0. The second kappa shape index (κ2) is 13.2. The summed E-state index contributed by atoms with van der Waals surface area (Å²) in [5.74, 6) is 0.920. The van der Waals surface area contributed by atoms with E-state index in [0.717, 1.165) is 22.5 Å². The van der Waals surface area contributed by atoms with E-state index >= 15 is 0 Å². The molecule has 1 aliphatic heterocycles. The van der Waals surface area contributed by atoms with Gasteiger partial charge in [0, 0.05) is 12.2 Å². The van der Waals surface area contributed by atoms with Gasteiger partial charge in [-0.15, -0.1) is 11.3 Å². The first-order valence-electron chi connectivity index (χ1n) is 13.8. The number of halogens is 1. The van der Waals surface area contributed by atoms with E-state index < -0.39 is 0 Å². The Bertz CT molecular complexity index is 1460. The van der Waals surface area contributed by atoms with Crippen molar-refractivity contribution in [2.45, 2.75) is 80.2 Å². The summed E-state index contributed by atoms with van der Waals surface area (Å²) < 4.78 is 13.1. The second-order valence-electron chi connectivity index (χ2n) is 11.2. The molecule has 0 aliphatic carbocycles. The van der Waals surface area contributed by atoms with Crippen molar-refractivity contribution in [1.29, 1.82) is 0 Å². The fourth-order valence-electron chi connectivity index (χ4n) is 4.89. The smallest absolute Gasteiger partial charge is 0.126 e. The second-order valence-corrected chi connectivity index (χ2v) is 12.0. The van der Waals surface area contributed by atoms with E-state index in [-0.39, 0.29) is 5.82 Å². The van der Waals surface area contributed by atoms with Crippen LogP contribution in [0.3, 0.4) is 0 Å². The Morgan fingerprint density at radius 1 is 0.795 bits per heavy atom. The molecule has 4 aromatic rings. The lowest BCUT2D eigenvalue weighted by Crippen LogP contribution is -2.24. The molecule has 3 aromatic carbocycles. The van der Waals surface area contributed by atoms with Crippen LogP contribution in [0.5, 0.6) is 0 Å². The van der Waals surface area contributed by atoms with Crippen LogP contribution in [0.25, 0.3) is 22.5 Å². The predicted octanol–water partition coefficient (Wildman–Crippen LogP) is 10.6. The van der Waals surface area contributed by atoms with Gasteiger partial charge in [0.1, 0.15) is 5.82 Å². The summed E-state index contributed by atoms with van der Waals surface area (Å²) >= 11 is 1.65. The third-order valence-electron chi connectivity index (χ3n) is 7.04. The van der Waals surface area contributed by atoms with Crippen molar-refractivity contribution in [1.82, 2.24) is 9.88 Å². The van der Waals surface area contributed by atoms with Crippen molar-refractivity contribution >= 4 is 33.9 Å². The number of hydrogen-bond acceptors (Lipinski definition) is 3. The first-order chi connectivity index (χ1) is 18.4. The lowest BCUT2D eigenvalue weighted by atomic mass is 9.94. The van der Waals surface area contributed by atoms with E-state index in [0.29, 0.717) is 17.9 Å². The summed E-state index contributed by atoms with van der Waals surface area (Å²) in [6.45, 7) is 23.1. The van der Waals surface area contributed by atoms with Gasteiger partial charge in [-0.3, -0.25) is 0 Å². The number of benzene rings is 3. The highest BCUT2D eigenvalue weighted by molar-refractivity contribution is 7.11. The van der Waals surface area contributed by atoms with Gasteiger partial charge in [0.25, 0.3) is 0 Å². The van der Waals surface area contributed by atoms with Crippen LogP contribution in [-0.2, 0) is 0 Å². The SMILES string of the molecule is C=C1c2scnc2C=CN1C(C)C.Cc1cc(C)c(C(C)C)cc1F.Cc1cc2ccccc2cc1C(C)C. The summed E-state index contributed by atoms with van der Waals surface area (Å²) in [5.41, 5.74) is 9.87. The van der Waals surface area contributed by atoms with Gasteiger partial charge in [0.2, 0.25) is 0 Å². The van der Waals surface area contributed by atoms with Gasteiger partial charge in [-0.05, 0) is 97.2 Å². The highest BCUT2D eigenvalue weighted by atomic mass is 32.1. The van der Waals surface area contributed by atoms with Crippen molar-refractivity contribution in [2.24, 2.45) is 0 Å². The molecule has 0 amide bonds. The maximum atomic E-state index is 13.1. The average molecular weight is 543 g/mol. The minimum atomic E-state index is -0.0932. The topological polar surface area (TPSA) is 16.1 Å². The highest BCUT2D eigenvalue weighted by Gasteiger charge is 2.19. The minimum absolute atomic E-state index is 0.0932. The zero-order chi connectivity index (χ0) is 28.9. The zero-order valence-electron chi connectivity index (χ0n) is 25.0. The molecule has 0 saturated heterocycles. The number of fused-ring (bicyclic) bond motifs is 2. The van der Waals surface area contributed by atoms with Crippen LogP contribution in [0.1, 0.15) is 91.8 Å². The minimum Gasteiger partial charge on any atom is -0.345 e. The van der Waals surface area contributed by atoms with Crippen LogP contribution < -0.4 is 0 Å². The van der Waals surface area contributed by atoms with Gasteiger partial charge in [0.15, 0.2) is 0 Å². The quantitative estimate of drug-likeness (QED) is 0.256. The van der Waals surface area contributed by atoms with Crippen LogP contribution in [0.15, 0.2) is 66.8 Å². The normalized spacial score (nSPS) is 12.4. The first kappa shape index (κ1) is 30.3. The van der Waals surface area contributed by atoms with Crippen molar-refractivity contribution in [3.8, 4) is 0 Å². The van der Waals surface area contributed by atoms with E-state index in [4.69, 9.17) is 0 Å². The van der Waals surface area contributed by atoms with Gasteiger partial charge >= 0.3 is 0 Å². The van der Waals surface area contributed by atoms with Gasteiger partial charge < -0.3 is 4.90 Å². The number of aromatic nitrogens is 1. The Hall–Kier alpha value is -3.24. The van der Waals surface area contributed by atoms with Crippen LogP contribution in [0.2, 0.25) is 0 Å². The summed E-state index contributed by atoms with van der Waals surface area (Å²) in [7, 11) is 0. The van der Waals surface area contributed by atoms with Gasteiger partial charge in [0.05, 0.1) is 21.8 Å². The molecule has 2 heterocycles. The lowest BCUT2D eigenvalue weighted by Gasteiger charge is -2.28. The molecule has 1 aliphatic rings. The monoisotopic (exact) mass is 542 g/mol. The molecule has 0 spiro atoms. The standard InChI is InChI=1S/C14H16.C11H15F.C10H12N2S/c1-10(2)14-9-13-7-5-4-6-12(13)8-11(14)3;1-7(2)10-6-11(12)9(4)5-8(10)3;1-7(2)12-5-4-9-10(8(12)3)13-6-11-9/h4-10H,1-3H3;5-7H,1-4H3;4-7H,3H2,1-2H3. The van der Waals surface area contributed by atoms with Crippen LogP contribution in [0, 0.1) is 26.6 Å². The van der Waals surface area contributed by atoms with E-state index in [2.05, 4.69) is 108 Å². The van der Waals surface area contributed by atoms with Crippen molar-refractivity contribution < 1.29 is 4.39 Å². The van der Waals surface area contributed by atoms with Crippen molar-refractivity contribution in [3.63, 3.8) is 0 Å². The molecule has 5 rings (SSSR count). The van der Waals surface area contributed by atoms with Crippen LogP contribution >= 0.6 is 11.3 Å². The molecule has 0 N–H and O–H groups in total. The molecule has 0 fully saturated rings. The Morgan fingerprint density at radius 3 is 1.95 bits per heavy atom. The van der Waals surface area contributed by atoms with E-state index in [1.165, 1.54) is 32.3 Å². The molecule has 0 atom stereocenters. The first-order valence-corrected chi connectivity index (χ1v) is 14.6. The summed E-state index contributed by atoms with van der Waals surface area (Å²) in [6.07, 6.45) is 4.09. The van der Waals surface area contributed by atoms with Crippen molar-refractivity contribution in [3.05, 3.63) is 111 Å². The van der Waals surface area contributed by atoms with Gasteiger partial charge in [-0.25, -0.2) is 9.37 Å². The molecule has 0 radical (unpaired) electrons. The van der Waals surface area contributed by atoms with E-state index in [1.54, 1.807) is 24.3 Å². The molecule has 4 heteroatoms. The van der Waals surface area contributed by atoms with Crippen LogP contribution in [0.4, 0.5) is 4.39 Å². The van der Waals surface area contributed by atoms with E-state index in [9.17, 15) is 4.39 Å². The summed E-state index contributed by atoms with van der Waals surface area (Å²) in [4.78, 5) is 7.60. The Balaban J connectivity index is 0.000000162. The molecular formula is C35H43FN2S. The largest absolute Gasteiger partial charge is 0.345 e. The third kappa shape index (κ3) is 7.45. The fourth-order valence-corrected chi connectivity index (χ4v) is 5.64. The molecular weight excluding hydrogens is 499 g/mol. The molecule has 2 nitrogen and oxygen atoms in total. The summed E-state index contributed by atoms with van der Waals surface area (Å²) in [6, 6.07) is 17.2. The predicted molar refractivity (Wildman–Crippen MR) is 170 cm³/mol. The maximum Gasteiger partial charge on any atom is 0.126 e. The Kier molecular flexibility index (Phi) is 10.3. The molecule has 0 unspecified atom stereocenters. The third-order valence-corrected chi connectivity index (χ3v) is 7.94. The maximum absolute atomic E-state index is 13.1.